The highest BCUT2D eigenvalue weighted by Gasteiger charge is 2.17. The molecular formula is C18H20FN7O2S. The van der Waals surface area contributed by atoms with Crippen molar-refractivity contribution in [3.63, 3.8) is 0 Å². The van der Waals surface area contributed by atoms with Crippen molar-refractivity contribution < 1.29 is 12.8 Å². The van der Waals surface area contributed by atoms with Crippen LogP contribution in [0.4, 0.5) is 33.2 Å². The molecule has 2 heterocycles. The minimum atomic E-state index is -3.53. The number of nitrogens with zero attached hydrogens (tertiary/aromatic N) is 5. The molecule has 0 unspecified atom stereocenters. The molecule has 0 saturated carbocycles. The van der Waals surface area contributed by atoms with E-state index in [1.165, 1.54) is 31.6 Å². The number of nitrogens with one attached hydrogen (secondary N) is 2. The Morgan fingerprint density at radius 2 is 1.66 bits per heavy atom. The third-order valence-electron chi connectivity index (χ3n) is 3.95. The number of benzene rings is 1. The summed E-state index contributed by atoms with van der Waals surface area (Å²) in [5.41, 5.74) is 1.33. The number of sulfonamides is 1. The average Bonchev–Trinajstić information content (AvgIpc) is 2.60. The Morgan fingerprint density at radius 3 is 2.31 bits per heavy atom. The van der Waals surface area contributed by atoms with E-state index in [9.17, 15) is 12.8 Å². The van der Waals surface area contributed by atoms with Gasteiger partial charge in [0.05, 0.1) is 17.6 Å². The van der Waals surface area contributed by atoms with E-state index in [4.69, 9.17) is 0 Å². The molecule has 9 nitrogen and oxygen atoms in total. The van der Waals surface area contributed by atoms with Crippen LogP contribution in [0.3, 0.4) is 0 Å². The summed E-state index contributed by atoms with van der Waals surface area (Å²) in [5, 5.41) is 6.01. The van der Waals surface area contributed by atoms with Gasteiger partial charge in [0.2, 0.25) is 10.0 Å². The fourth-order valence-corrected chi connectivity index (χ4v) is 3.12. The van der Waals surface area contributed by atoms with Crippen LogP contribution in [-0.4, -0.2) is 41.7 Å². The molecule has 0 fully saturated rings. The molecule has 0 saturated heterocycles. The maximum atomic E-state index is 13.8. The van der Waals surface area contributed by atoms with Crippen molar-refractivity contribution in [2.45, 2.75) is 13.8 Å². The summed E-state index contributed by atoms with van der Waals surface area (Å²) in [4.78, 5) is 16.8. The molecule has 11 heteroatoms. The van der Waals surface area contributed by atoms with E-state index >= 15 is 0 Å². The van der Waals surface area contributed by atoms with Crippen LogP contribution in [0.1, 0.15) is 11.5 Å². The monoisotopic (exact) mass is 417 g/mol. The lowest BCUT2D eigenvalue weighted by molar-refractivity contribution is 0.600. The maximum absolute atomic E-state index is 13.8. The van der Waals surface area contributed by atoms with Crippen molar-refractivity contribution in [1.29, 1.82) is 0 Å². The van der Waals surface area contributed by atoms with Gasteiger partial charge in [-0.05, 0) is 32.0 Å². The average molecular weight is 417 g/mol. The number of hydrogen-bond acceptors (Lipinski definition) is 8. The molecule has 0 amide bonds. The van der Waals surface area contributed by atoms with Gasteiger partial charge in [-0.3, -0.25) is 4.31 Å². The zero-order chi connectivity index (χ0) is 21.2. The Bertz CT molecular complexity index is 1130. The topological polar surface area (TPSA) is 113 Å². The molecule has 0 aliphatic rings. The molecule has 152 valence electrons. The zero-order valence-corrected chi connectivity index (χ0v) is 17.1. The summed E-state index contributed by atoms with van der Waals surface area (Å²) in [7, 11) is -2.14. The number of hydrogen-bond donors (Lipinski definition) is 2. The van der Waals surface area contributed by atoms with Gasteiger partial charge in [-0.25, -0.2) is 32.7 Å². The van der Waals surface area contributed by atoms with Crippen LogP contribution in [0.2, 0.25) is 0 Å². The van der Waals surface area contributed by atoms with Crippen molar-refractivity contribution >= 4 is 38.9 Å². The summed E-state index contributed by atoms with van der Waals surface area (Å²) in [6.45, 7) is 3.64. The van der Waals surface area contributed by atoms with Gasteiger partial charge >= 0.3 is 0 Å². The molecule has 0 aliphatic heterocycles. The SMILES string of the molecule is Cc1cc(Nc2cc(Nc3cc(F)ccc3N(C)S(C)(=O)=O)ncn2)nc(C)n1. The maximum Gasteiger partial charge on any atom is 0.232 e. The van der Waals surface area contributed by atoms with Crippen LogP contribution in [0.15, 0.2) is 36.7 Å². The summed E-state index contributed by atoms with van der Waals surface area (Å²) in [5.74, 6) is 1.47. The second kappa shape index (κ2) is 7.95. The Kier molecular flexibility index (Phi) is 5.59. The molecule has 0 spiro atoms. The molecular weight excluding hydrogens is 397 g/mol. The molecule has 0 radical (unpaired) electrons. The van der Waals surface area contributed by atoms with Crippen LogP contribution in [-0.2, 0) is 10.0 Å². The van der Waals surface area contributed by atoms with Crippen LogP contribution in [0, 0.1) is 19.7 Å². The molecule has 29 heavy (non-hydrogen) atoms. The Balaban J connectivity index is 1.90. The molecule has 0 bridgehead atoms. The van der Waals surface area contributed by atoms with Gasteiger partial charge in [-0.2, -0.15) is 0 Å². The second-order valence-corrected chi connectivity index (χ2v) is 8.39. The fourth-order valence-electron chi connectivity index (χ4n) is 2.61. The molecule has 0 atom stereocenters. The normalized spacial score (nSPS) is 11.2. The van der Waals surface area contributed by atoms with Crippen molar-refractivity contribution in [3.05, 3.63) is 54.0 Å². The second-order valence-electron chi connectivity index (χ2n) is 6.37. The molecule has 2 N–H and O–H groups in total. The minimum Gasteiger partial charge on any atom is -0.338 e. The Labute approximate surface area is 168 Å². The first-order valence-corrected chi connectivity index (χ1v) is 10.4. The molecule has 1 aromatic carbocycles. The van der Waals surface area contributed by atoms with E-state index in [0.717, 1.165) is 16.3 Å². The van der Waals surface area contributed by atoms with E-state index in [-0.39, 0.29) is 11.4 Å². The van der Waals surface area contributed by atoms with Gasteiger partial charge in [-0.15, -0.1) is 0 Å². The van der Waals surface area contributed by atoms with Gasteiger partial charge in [0.15, 0.2) is 0 Å². The Hall–Kier alpha value is -3.34. The standard InChI is InChI=1S/C18H20FN7O2S/c1-11-7-18(23-12(2)22-11)25-17-9-16(20-10-21-17)24-14-8-13(19)5-6-15(14)26(3)29(4,27)28/h5-10H,1-4H3,(H2,20,21,22,23,24,25). The zero-order valence-electron chi connectivity index (χ0n) is 16.3. The van der Waals surface area contributed by atoms with Gasteiger partial charge < -0.3 is 10.6 Å². The number of anilines is 5. The van der Waals surface area contributed by atoms with Crippen LogP contribution >= 0.6 is 0 Å². The van der Waals surface area contributed by atoms with Crippen molar-refractivity contribution in [2.24, 2.45) is 0 Å². The quantitative estimate of drug-likeness (QED) is 0.629. The third-order valence-corrected chi connectivity index (χ3v) is 5.14. The van der Waals surface area contributed by atoms with Crippen molar-refractivity contribution in [1.82, 2.24) is 19.9 Å². The summed E-state index contributed by atoms with van der Waals surface area (Å²) >= 11 is 0. The smallest absolute Gasteiger partial charge is 0.232 e. The highest BCUT2D eigenvalue weighted by molar-refractivity contribution is 7.92. The van der Waals surface area contributed by atoms with Crippen LogP contribution in [0.25, 0.3) is 0 Å². The lowest BCUT2D eigenvalue weighted by atomic mass is 10.2. The van der Waals surface area contributed by atoms with Crippen molar-refractivity contribution in [3.8, 4) is 0 Å². The predicted octanol–water partition coefficient (Wildman–Crippen LogP) is 2.91. The van der Waals surface area contributed by atoms with E-state index in [0.29, 0.717) is 23.3 Å². The summed E-state index contributed by atoms with van der Waals surface area (Å²) < 4.78 is 38.6. The summed E-state index contributed by atoms with van der Waals surface area (Å²) in [6.07, 6.45) is 2.39. The van der Waals surface area contributed by atoms with Gasteiger partial charge in [-0.1, -0.05) is 0 Å². The van der Waals surface area contributed by atoms with Gasteiger partial charge in [0, 0.05) is 24.9 Å². The fraction of sp³-hybridized carbons (Fsp3) is 0.222. The van der Waals surface area contributed by atoms with E-state index in [1.54, 1.807) is 19.1 Å². The lowest BCUT2D eigenvalue weighted by Crippen LogP contribution is -2.25. The number of aromatic nitrogens is 4. The first-order chi connectivity index (χ1) is 13.6. The number of halogens is 1. The Morgan fingerprint density at radius 1 is 0.966 bits per heavy atom. The lowest BCUT2D eigenvalue weighted by Gasteiger charge is -2.21. The van der Waals surface area contributed by atoms with E-state index < -0.39 is 15.8 Å². The van der Waals surface area contributed by atoms with Gasteiger partial charge in [0.25, 0.3) is 0 Å². The van der Waals surface area contributed by atoms with Crippen LogP contribution < -0.4 is 14.9 Å². The van der Waals surface area contributed by atoms with Gasteiger partial charge in [0.1, 0.15) is 35.4 Å². The molecule has 0 aliphatic carbocycles. The minimum absolute atomic E-state index is 0.247. The molecule has 2 aromatic heterocycles. The predicted molar refractivity (Wildman–Crippen MR) is 110 cm³/mol. The third kappa shape index (κ3) is 5.13. The first-order valence-electron chi connectivity index (χ1n) is 8.53. The number of aryl methyl sites for hydroxylation is 2. The van der Waals surface area contributed by atoms with E-state index in [2.05, 4.69) is 30.6 Å². The molecule has 3 aromatic rings. The highest BCUT2D eigenvalue weighted by atomic mass is 32.2. The van der Waals surface area contributed by atoms with Crippen molar-refractivity contribution in [2.75, 3.05) is 28.2 Å². The summed E-state index contributed by atoms with van der Waals surface area (Å²) in [6, 6.07) is 7.14. The largest absolute Gasteiger partial charge is 0.338 e. The van der Waals surface area contributed by atoms with Crippen LogP contribution in [0.5, 0.6) is 0 Å². The number of rotatable bonds is 6. The van der Waals surface area contributed by atoms with E-state index in [1.807, 2.05) is 6.92 Å². The first kappa shape index (κ1) is 20.4. The molecule has 3 rings (SSSR count). The highest BCUT2D eigenvalue weighted by Crippen LogP contribution is 2.30.